The van der Waals surface area contributed by atoms with Crippen LogP contribution in [0.1, 0.15) is 12.0 Å². The molecule has 1 heterocycles. The second kappa shape index (κ2) is 5.23. The summed E-state index contributed by atoms with van der Waals surface area (Å²) in [4.78, 5) is 16.7. The number of ketones is 1. The molecule has 1 aliphatic rings. The van der Waals surface area contributed by atoms with Crippen LogP contribution in [-0.4, -0.2) is 10.8 Å². The zero-order valence-electron chi connectivity index (χ0n) is 12.1. The number of carbonyl (C=O) groups excluding carboxylic acids is 1. The van der Waals surface area contributed by atoms with Crippen LogP contribution in [0.25, 0.3) is 22.6 Å². The molecule has 0 unspecified atom stereocenters. The first-order valence-corrected chi connectivity index (χ1v) is 7.46. The molecule has 0 bridgehead atoms. The van der Waals surface area contributed by atoms with Gasteiger partial charge in [-0.15, -0.1) is 0 Å². The van der Waals surface area contributed by atoms with Crippen LogP contribution in [0.4, 0.5) is 0 Å². The summed E-state index contributed by atoms with van der Waals surface area (Å²) in [6.07, 6.45) is 2.96. The van der Waals surface area contributed by atoms with Gasteiger partial charge < -0.3 is 0 Å². The molecule has 0 aliphatic heterocycles. The van der Waals surface area contributed by atoms with E-state index in [9.17, 15) is 4.79 Å². The molecule has 1 aromatic heterocycles. The second-order valence-electron chi connectivity index (χ2n) is 5.67. The van der Waals surface area contributed by atoms with Crippen LogP contribution in [0.5, 0.6) is 0 Å². The van der Waals surface area contributed by atoms with Gasteiger partial charge >= 0.3 is 0 Å². The molecule has 3 aromatic rings. The number of Topliss-reactive ketones (excluding diaryl/α,β-unsaturated/α-hetero) is 1. The number of nitrogens with zero attached hydrogens (tertiary/aromatic N) is 1. The maximum absolute atomic E-state index is 12.0. The molecule has 22 heavy (non-hydrogen) atoms. The summed E-state index contributed by atoms with van der Waals surface area (Å²) in [7, 11) is 0. The Hall–Kier alpha value is -2.74. The summed E-state index contributed by atoms with van der Waals surface area (Å²) in [5, 5.41) is 3.04. The van der Waals surface area contributed by atoms with Gasteiger partial charge in [0.1, 0.15) is 0 Å². The van der Waals surface area contributed by atoms with E-state index < -0.39 is 0 Å². The summed E-state index contributed by atoms with van der Waals surface area (Å²) in [6.45, 7) is 0. The second-order valence-corrected chi connectivity index (χ2v) is 5.67. The minimum atomic E-state index is 0.140. The molecule has 0 atom stereocenters. The van der Waals surface area contributed by atoms with Crippen molar-refractivity contribution in [2.75, 3.05) is 0 Å². The molecule has 4 rings (SSSR count). The molecule has 0 saturated heterocycles. The summed E-state index contributed by atoms with van der Waals surface area (Å²) in [5.74, 6) is 0.140. The van der Waals surface area contributed by atoms with Crippen molar-refractivity contribution in [3.63, 3.8) is 0 Å². The minimum Gasteiger partial charge on any atom is -0.294 e. The average molecular weight is 285 g/mol. The molecular formula is C20H15NO. The third-order valence-electron chi connectivity index (χ3n) is 4.08. The number of benzene rings is 2. The van der Waals surface area contributed by atoms with Gasteiger partial charge in [0.2, 0.25) is 0 Å². The topological polar surface area (TPSA) is 30.0 Å². The predicted octanol–water partition coefficient (Wildman–Crippen LogP) is 2.38. The standard InChI is InChI=1S/C20H15NO/c22-17-11-16(10-14-6-2-1-3-7-14)18-12-15-8-4-5-9-19(15)21-20(18)13-17/h1-9,12-13H,10-11H2. The van der Waals surface area contributed by atoms with Gasteiger partial charge in [-0.25, -0.2) is 4.98 Å². The van der Waals surface area contributed by atoms with Crippen molar-refractivity contribution in [1.29, 1.82) is 0 Å². The molecule has 2 aromatic carbocycles. The molecule has 0 fully saturated rings. The van der Waals surface area contributed by atoms with E-state index >= 15 is 0 Å². The minimum absolute atomic E-state index is 0.140. The number of para-hydroxylation sites is 1. The molecule has 0 radical (unpaired) electrons. The predicted molar refractivity (Wildman–Crippen MR) is 88.6 cm³/mol. The van der Waals surface area contributed by atoms with E-state index in [-0.39, 0.29) is 5.78 Å². The molecule has 106 valence electrons. The summed E-state index contributed by atoms with van der Waals surface area (Å²) in [6, 6.07) is 20.5. The number of hydrogen-bond acceptors (Lipinski definition) is 2. The van der Waals surface area contributed by atoms with Crippen molar-refractivity contribution in [1.82, 2.24) is 4.98 Å². The first-order valence-electron chi connectivity index (χ1n) is 7.46. The van der Waals surface area contributed by atoms with Crippen molar-refractivity contribution >= 4 is 28.3 Å². The number of aromatic nitrogens is 1. The molecule has 0 spiro atoms. The lowest BCUT2D eigenvalue weighted by atomic mass is 9.94. The largest absolute Gasteiger partial charge is 0.294 e. The van der Waals surface area contributed by atoms with E-state index in [1.54, 1.807) is 6.08 Å². The van der Waals surface area contributed by atoms with Crippen molar-refractivity contribution in [2.45, 2.75) is 12.8 Å². The number of fused-ring (bicyclic) bond motifs is 2. The first-order chi connectivity index (χ1) is 10.8. The van der Waals surface area contributed by atoms with E-state index in [0.29, 0.717) is 6.42 Å². The Bertz CT molecular complexity index is 987. The zero-order chi connectivity index (χ0) is 14.9. The van der Waals surface area contributed by atoms with E-state index in [2.05, 4.69) is 29.2 Å². The fourth-order valence-electron chi connectivity index (χ4n) is 3.03. The average Bonchev–Trinajstić information content (AvgIpc) is 2.54. The number of rotatable bonds is 2. The lowest BCUT2D eigenvalue weighted by Gasteiger charge is -2.11. The summed E-state index contributed by atoms with van der Waals surface area (Å²) < 4.78 is 0. The maximum atomic E-state index is 12.0. The van der Waals surface area contributed by atoms with Crippen LogP contribution < -0.4 is 10.6 Å². The third-order valence-corrected chi connectivity index (χ3v) is 4.08. The Morgan fingerprint density at radius 1 is 0.955 bits per heavy atom. The molecule has 0 saturated carbocycles. The van der Waals surface area contributed by atoms with Gasteiger partial charge in [-0.05, 0) is 29.7 Å². The molecular weight excluding hydrogens is 270 g/mol. The van der Waals surface area contributed by atoms with Crippen LogP contribution >= 0.6 is 0 Å². The van der Waals surface area contributed by atoms with Crippen LogP contribution in [0.2, 0.25) is 0 Å². The van der Waals surface area contributed by atoms with Gasteiger partial charge in [0.05, 0.1) is 10.9 Å². The summed E-state index contributed by atoms with van der Waals surface area (Å²) >= 11 is 0. The zero-order valence-corrected chi connectivity index (χ0v) is 12.1. The quantitative estimate of drug-likeness (QED) is 0.723. The fourth-order valence-corrected chi connectivity index (χ4v) is 3.03. The van der Waals surface area contributed by atoms with Crippen LogP contribution in [0, 0.1) is 0 Å². The fraction of sp³-hybridized carbons (Fsp3) is 0.100. The highest BCUT2D eigenvalue weighted by molar-refractivity contribution is 6.10. The van der Waals surface area contributed by atoms with Crippen LogP contribution in [0.15, 0.2) is 60.7 Å². The monoisotopic (exact) mass is 285 g/mol. The van der Waals surface area contributed by atoms with Crippen molar-refractivity contribution in [3.8, 4) is 0 Å². The van der Waals surface area contributed by atoms with Crippen molar-refractivity contribution in [2.24, 2.45) is 0 Å². The van der Waals surface area contributed by atoms with Crippen molar-refractivity contribution < 1.29 is 4.79 Å². The van der Waals surface area contributed by atoms with Gasteiger partial charge in [-0.3, -0.25) is 4.79 Å². The van der Waals surface area contributed by atoms with Crippen molar-refractivity contribution in [3.05, 3.63) is 76.8 Å². The van der Waals surface area contributed by atoms with E-state index in [1.807, 2.05) is 36.4 Å². The number of pyridine rings is 1. The Balaban J connectivity index is 1.96. The van der Waals surface area contributed by atoms with E-state index in [4.69, 9.17) is 0 Å². The molecule has 0 N–H and O–H groups in total. The van der Waals surface area contributed by atoms with Gasteiger partial charge in [-0.1, -0.05) is 48.5 Å². The maximum Gasteiger partial charge on any atom is 0.161 e. The van der Waals surface area contributed by atoms with Gasteiger partial charge in [0, 0.05) is 23.1 Å². The Labute approximate surface area is 128 Å². The van der Waals surface area contributed by atoms with Gasteiger partial charge in [0.25, 0.3) is 0 Å². The highest BCUT2D eigenvalue weighted by Crippen LogP contribution is 2.14. The number of hydrogen-bond donors (Lipinski definition) is 0. The summed E-state index contributed by atoms with van der Waals surface area (Å²) in [5.41, 5.74) is 3.32. The number of carbonyl (C=O) groups is 1. The Morgan fingerprint density at radius 2 is 1.73 bits per heavy atom. The smallest absolute Gasteiger partial charge is 0.161 e. The first kappa shape index (κ1) is 13.0. The lowest BCUT2D eigenvalue weighted by molar-refractivity contribution is -0.112. The molecule has 1 aliphatic carbocycles. The molecule has 0 amide bonds. The third kappa shape index (κ3) is 2.33. The highest BCUT2D eigenvalue weighted by Gasteiger charge is 2.13. The van der Waals surface area contributed by atoms with Crippen LogP contribution in [-0.2, 0) is 11.2 Å². The van der Waals surface area contributed by atoms with Crippen LogP contribution in [0.3, 0.4) is 0 Å². The molecule has 2 heteroatoms. The Morgan fingerprint density at radius 3 is 2.59 bits per heavy atom. The van der Waals surface area contributed by atoms with E-state index in [1.165, 1.54) is 5.56 Å². The van der Waals surface area contributed by atoms with E-state index in [0.717, 1.165) is 33.5 Å². The SMILES string of the molecule is O=C1C=c2nc3ccccc3cc2=C(Cc2ccccc2)C1. The van der Waals surface area contributed by atoms with Gasteiger partial charge in [-0.2, -0.15) is 0 Å². The lowest BCUT2D eigenvalue weighted by Crippen LogP contribution is -2.35. The van der Waals surface area contributed by atoms with Gasteiger partial charge in [0.15, 0.2) is 5.78 Å². The Kier molecular flexibility index (Phi) is 3.08. The highest BCUT2D eigenvalue weighted by atomic mass is 16.1. The molecule has 2 nitrogen and oxygen atoms in total. The normalized spacial score (nSPS) is 13.8.